The topological polar surface area (TPSA) is 12.0 Å². The molecule has 3 rings (SSSR count). The van der Waals surface area contributed by atoms with Gasteiger partial charge in [0.15, 0.2) is 0 Å². The Morgan fingerprint density at radius 2 is 1.84 bits per heavy atom. The lowest BCUT2D eigenvalue weighted by Gasteiger charge is -2.40. The van der Waals surface area contributed by atoms with Gasteiger partial charge in [0.05, 0.1) is 0 Å². The van der Waals surface area contributed by atoms with Crippen molar-refractivity contribution < 1.29 is 4.39 Å². The molecule has 1 aromatic rings. The van der Waals surface area contributed by atoms with E-state index in [9.17, 15) is 4.39 Å². The van der Waals surface area contributed by atoms with Gasteiger partial charge in [-0.15, -0.1) is 0 Å². The molecule has 1 aromatic carbocycles. The van der Waals surface area contributed by atoms with Crippen LogP contribution in [-0.4, -0.2) is 6.04 Å². The molecule has 0 radical (unpaired) electrons. The number of anilines is 1. The van der Waals surface area contributed by atoms with E-state index in [4.69, 9.17) is 0 Å². The minimum Gasteiger partial charge on any atom is -0.382 e. The molecule has 2 heteroatoms. The van der Waals surface area contributed by atoms with E-state index in [1.54, 1.807) is 12.1 Å². The summed E-state index contributed by atoms with van der Waals surface area (Å²) in [6.45, 7) is 1.98. The number of rotatable bonds is 2. The van der Waals surface area contributed by atoms with Crippen molar-refractivity contribution in [2.75, 3.05) is 5.32 Å². The summed E-state index contributed by atoms with van der Waals surface area (Å²) in [5.74, 6) is 1.78. The quantitative estimate of drug-likeness (QED) is 0.798. The molecule has 0 aromatic heterocycles. The molecular weight excluding hydrogens is 237 g/mol. The Hall–Kier alpha value is -1.05. The van der Waals surface area contributed by atoms with E-state index < -0.39 is 0 Å². The van der Waals surface area contributed by atoms with Gasteiger partial charge < -0.3 is 5.32 Å². The lowest BCUT2D eigenvalue weighted by atomic mass is 9.69. The van der Waals surface area contributed by atoms with Gasteiger partial charge in [-0.3, -0.25) is 0 Å². The van der Waals surface area contributed by atoms with Crippen LogP contribution in [0, 0.1) is 24.6 Å². The van der Waals surface area contributed by atoms with E-state index in [0.29, 0.717) is 6.04 Å². The van der Waals surface area contributed by atoms with Crippen LogP contribution in [0.25, 0.3) is 0 Å². The molecule has 1 N–H and O–H groups in total. The first kappa shape index (κ1) is 13.0. The van der Waals surface area contributed by atoms with E-state index in [0.717, 1.165) is 23.1 Å². The maximum Gasteiger partial charge on any atom is 0.123 e. The Labute approximate surface area is 115 Å². The number of benzene rings is 1. The summed E-state index contributed by atoms with van der Waals surface area (Å²) in [6, 6.07) is 5.65. The third-order valence-corrected chi connectivity index (χ3v) is 5.09. The molecule has 0 heterocycles. The van der Waals surface area contributed by atoms with Crippen LogP contribution in [0.4, 0.5) is 10.1 Å². The van der Waals surface area contributed by atoms with Gasteiger partial charge >= 0.3 is 0 Å². The molecule has 2 fully saturated rings. The summed E-state index contributed by atoms with van der Waals surface area (Å²) in [7, 11) is 0. The van der Waals surface area contributed by atoms with Gasteiger partial charge in [0, 0.05) is 11.7 Å². The normalized spacial score (nSPS) is 30.7. The molecule has 3 atom stereocenters. The highest BCUT2D eigenvalue weighted by molar-refractivity contribution is 5.51. The largest absolute Gasteiger partial charge is 0.382 e. The second kappa shape index (κ2) is 5.52. The second-order valence-electron chi connectivity index (χ2n) is 6.42. The monoisotopic (exact) mass is 261 g/mol. The fourth-order valence-electron chi connectivity index (χ4n) is 4.01. The molecule has 2 saturated carbocycles. The molecule has 104 valence electrons. The molecule has 0 amide bonds. The minimum absolute atomic E-state index is 0.140. The SMILES string of the molecule is Cc1cc(F)ccc1NC1CCC2CCCCC2C1. The lowest BCUT2D eigenvalue weighted by Crippen LogP contribution is -2.34. The van der Waals surface area contributed by atoms with Crippen LogP contribution in [0.3, 0.4) is 0 Å². The predicted molar refractivity (Wildman–Crippen MR) is 77.8 cm³/mol. The van der Waals surface area contributed by atoms with E-state index in [1.807, 2.05) is 13.0 Å². The van der Waals surface area contributed by atoms with Gasteiger partial charge in [-0.1, -0.05) is 25.7 Å². The Bertz CT molecular complexity index is 443. The van der Waals surface area contributed by atoms with Crippen LogP contribution in [0.15, 0.2) is 18.2 Å². The number of nitrogens with one attached hydrogen (secondary N) is 1. The minimum atomic E-state index is -0.140. The first-order valence-electron chi connectivity index (χ1n) is 7.75. The zero-order valence-corrected chi connectivity index (χ0v) is 11.8. The van der Waals surface area contributed by atoms with Gasteiger partial charge in [0.1, 0.15) is 5.82 Å². The first-order chi connectivity index (χ1) is 9.22. The number of aryl methyl sites for hydroxylation is 1. The van der Waals surface area contributed by atoms with Crippen LogP contribution >= 0.6 is 0 Å². The number of fused-ring (bicyclic) bond motifs is 1. The van der Waals surface area contributed by atoms with Gasteiger partial charge in [0.2, 0.25) is 0 Å². The summed E-state index contributed by atoms with van der Waals surface area (Å²) in [6.07, 6.45) is 9.69. The van der Waals surface area contributed by atoms with E-state index in [2.05, 4.69) is 5.32 Å². The number of hydrogen-bond donors (Lipinski definition) is 1. The average molecular weight is 261 g/mol. The highest BCUT2D eigenvalue weighted by atomic mass is 19.1. The van der Waals surface area contributed by atoms with Crippen LogP contribution in [0.1, 0.15) is 50.5 Å². The third kappa shape index (κ3) is 2.93. The Balaban J connectivity index is 1.64. The zero-order valence-electron chi connectivity index (χ0n) is 11.8. The maximum absolute atomic E-state index is 13.1. The molecular formula is C17H24FN. The molecule has 3 unspecified atom stereocenters. The molecule has 0 bridgehead atoms. The van der Waals surface area contributed by atoms with Crippen molar-refractivity contribution in [1.29, 1.82) is 0 Å². The molecule has 0 spiro atoms. The van der Waals surface area contributed by atoms with Crippen molar-refractivity contribution in [2.45, 2.75) is 57.9 Å². The van der Waals surface area contributed by atoms with E-state index in [1.165, 1.54) is 44.9 Å². The van der Waals surface area contributed by atoms with Crippen molar-refractivity contribution in [3.05, 3.63) is 29.6 Å². The maximum atomic E-state index is 13.1. The summed E-state index contributed by atoms with van der Waals surface area (Å²) in [5, 5.41) is 3.64. The van der Waals surface area contributed by atoms with E-state index in [-0.39, 0.29) is 5.82 Å². The van der Waals surface area contributed by atoms with Crippen LogP contribution in [0.5, 0.6) is 0 Å². The molecule has 2 aliphatic rings. The van der Waals surface area contributed by atoms with Crippen molar-refractivity contribution in [3.63, 3.8) is 0 Å². The van der Waals surface area contributed by atoms with Crippen molar-refractivity contribution in [3.8, 4) is 0 Å². The number of halogens is 1. The molecule has 19 heavy (non-hydrogen) atoms. The molecule has 1 nitrogen and oxygen atoms in total. The second-order valence-corrected chi connectivity index (χ2v) is 6.42. The van der Waals surface area contributed by atoms with Gasteiger partial charge in [-0.05, 0) is 61.8 Å². The number of hydrogen-bond acceptors (Lipinski definition) is 1. The van der Waals surface area contributed by atoms with E-state index >= 15 is 0 Å². The Morgan fingerprint density at radius 1 is 1.05 bits per heavy atom. The highest BCUT2D eigenvalue weighted by Crippen LogP contribution is 2.41. The smallest absolute Gasteiger partial charge is 0.123 e. The molecule has 2 aliphatic carbocycles. The van der Waals surface area contributed by atoms with Crippen LogP contribution in [-0.2, 0) is 0 Å². The lowest BCUT2D eigenvalue weighted by molar-refractivity contribution is 0.162. The van der Waals surface area contributed by atoms with Crippen LogP contribution < -0.4 is 5.32 Å². The summed E-state index contributed by atoms with van der Waals surface area (Å²) >= 11 is 0. The Kier molecular flexibility index (Phi) is 3.76. The fourth-order valence-corrected chi connectivity index (χ4v) is 4.01. The van der Waals surface area contributed by atoms with Gasteiger partial charge in [-0.2, -0.15) is 0 Å². The fraction of sp³-hybridized carbons (Fsp3) is 0.647. The van der Waals surface area contributed by atoms with Crippen LogP contribution in [0.2, 0.25) is 0 Å². The van der Waals surface area contributed by atoms with Gasteiger partial charge in [0.25, 0.3) is 0 Å². The zero-order chi connectivity index (χ0) is 13.2. The molecule has 0 aliphatic heterocycles. The van der Waals surface area contributed by atoms with Crippen molar-refractivity contribution in [2.24, 2.45) is 11.8 Å². The summed E-state index contributed by atoms with van der Waals surface area (Å²) in [5.41, 5.74) is 2.13. The predicted octanol–water partition coefficient (Wildman–Crippen LogP) is 4.90. The van der Waals surface area contributed by atoms with Gasteiger partial charge in [-0.25, -0.2) is 4.39 Å². The third-order valence-electron chi connectivity index (χ3n) is 5.09. The standard InChI is InChI=1S/C17H24FN/c1-12-10-15(18)7-9-17(12)19-16-8-6-13-4-2-3-5-14(13)11-16/h7,9-10,13-14,16,19H,2-6,8,11H2,1H3. The van der Waals surface area contributed by atoms with Crippen molar-refractivity contribution in [1.82, 2.24) is 0 Å². The summed E-state index contributed by atoms with van der Waals surface area (Å²) < 4.78 is 13.1. The average Bonchev–Trinajstić information content (AvgIpc) is 2.42. The molecule has 0 saturated heterocycles. The first-order valence-corrected chi connectivity index (χ1v) is 7.75. The van der Waals surface area contributed by atoms with Crippen molar-refractivity contribution >= 4 is 5.69 Å². The highest BCUT2D eigenvalue weighted by Gasteiger charge is 2.32. The summed E-state index contributed by atoms with van der Waals surface area (Å²) in [4.78, 5) is 0. The Morgan fingerprint density at radius 3 is 2.63 bits per heavy atom.